The Kier molecular flexibility index (Phi) is 8.37. The van der Waals surface area contributed by atoms with Crippen molar-refractivity contribution in [3.05, 3.63) is 188 Å². The largest absolute Gasteiger partial charge is 0.325 e. The zero-order valence-corrected chi connectivity index (χ0v) is 36.5. The highest BCUT2D eigenvalue weighted by atomic mass is 15.2. The van der Waals surface area contributed by atoms with Crippen LogP contribution in [0.2, 0.25) is 0 Å². The van der Waals surface area contributed by atoms with Gasteiger partial charge in [-0.05, 0) is 134 Å². The second kappa shape index (κ2) is 14.4. The Morgan fingerprint density at radius 1 is 0.469 bits per heavy atom. The van der Waals surface area contributed by atoms with Crippen molar-refractivity contribution in [1.29, 1.82) is 0 Å². The topological polar surface area (TPSA) is 16.1 Å². The van der Waals surface area contributed by atoms with Gasteiger partial charge in [-0.3, -0.25) is 0 Å². The van der Waals surface area contributed by atoms with Gasteiger partial charge < -0.3 is 4.90 Å². The molecule has 2 heterocycles. The Balaban J connectivity index is 1.10. The summed E-state index contributed by atoms with van der Waals surface area (Å²) in [5, 5.41) is 18.4. The van der Waals surface area contributed by atoms with Crippen LogP contribution in [0, 0.1) is 0 Å². The lowest BCUT2D eigenvalue weighted by Gasteiger charge is -2.27. The average molecular weight is 821 g/mol. The van der Waals surface area contributed by atoms with Crippen LogP contribution >= 0.6 is 0 Å². The summed E-state index contributed by atoms with van der Waals surface area (Å²) in [6, 6.07) is 66.2. The Morgan fingerprint density at radius 2 is 1.05 bits per heavy atom. The fraction of sp³-hybridized carbons (Fsp3) is 0.145. The molecule has 1 aliphatic heterocycles. The Morgan fingerprint density at radius 3 is 1.73 bits per heavy atom. The Labute approximate surface area is 374 Å². The van der Waals surface area contributed by atoms with Crippen molar-refractivity contribution in [2.45, 2.75) is 51.4 Å². The van der Waals surface area contributed by atoms with Gasteiger partial charge in [0.15, 0.2) is 0 Å². The molecule has 0 saturated heterocycles. The Hall–Kier alpha value is -7.29. The molecule has 13 rings (SSSR count). The van der Waals surface area contributed by atoms with Crippen LogP contribution in [0.1, 0.15) is 51.5 Å². The highest BCUT2D eigenvalue weighted by Gasteiger charge is 2.40. The fourth-order valence-electron chi connectivity index (χ4n) is 12.1. The van der Waals surface area contributed by atoms with E-state index < -0.39 is 0 Å². The molecule has 1 aliphatic rings. The van der Waals surface area contributed by atoms with Crippen LogP contribution in [-0.4, -0.2) is 11.5 Å². The predicted molar refractivity (Wildman–Crippen MR) is 275 cm³/mol. The number of anilines is 2. The molecule has 2 nitrogen and oxygen atoms in total. The summed E-state index contributed by atoms with van der Waals surface area (Å²) in [6.45, 7) is 5.73. The SMILES string of the molecule is CCCCCCC1(C)CN(c2nccc3ccccc23)c2ccc(-c3ccc4c5c(-c6ccccc6)c6c7cccc8cccc(c6c(-c6ccccc6)c5c5cccc3c54)c87)cc21. The number of nitrogens with zero attached hydrogens (tertiary/aromatic N) is 2. The third-order valence-corrected chi connectivity index (χ3v) is 14.9. The lowest BCUT2D eigenvalue weighted by atomic mass is 9.78. The van der Waals surface area contributed by atoms with E-state index in [0.29, 0.717) is 0 Å². The van der Waals surface area contributed by atoms with Crippen LogP contribution in [0.4, 0.5) is 11.5 Å². The molecule has 64 heavy (non-hydrogen) atoms. The number of benzene rings is 9. The average Bonchev–Trinajstić information content (AvgIpc) is 3.97. The first kappa shape index (κ1) is 37.3. The van der Waals surface area contributed by atoms with Crippen LogP contribution in [-0.2, 0) is 5.41 Å². The van der Waals surface area contributed by atoms with Crippen molar-refractivity contribution in [3.8, 4) is 33.4 Å². The summed E-state index contributed by atoms with van der Waals surface area (Å²) >= 11 is 0. The van der Waals surface area contributed by atoms with Crippen LogP contribution < -0.4 is 4.90 Å². The molecule has 0 N–H and O–H groups in total. The van der Waals surface area contributed by atoms with Crippen molar-refractivity contribution in [2.75, 3.05) is 11.4 Å². The second-order valence-corrected chi connectivity index (χ2v) is 18.6. The summed E-state index contributed by atoms with van der Waals surface area (Å²) in [5.74, 6) is 1.06. The number of pyridine rings is 1. The van der Waals surface area contributed by atoms with Crippen LogP contribution in [0.3, 0.4) is 0 Å². The summed E-state index contributed by atoms with van der Waals surface area (Å²) in [6.07, 6.45) is 8.14. The van der Waals surface area contributed by atoms with E-state index in [1.54, 1.807) is 0 Å². The molecule has 0 aliphatic carbocycles. The van der Waals surface area contributed by atoms with Gasteiger partial charge in [-0.1, -0.05) is 197 Å². The summed E-state index contributed by atoms with van der Waals surface area (Å²) in [4.78, 5) is 7.57. The molecule has 1 unspecified atom stereocenters. The van der Waals surface area contributed by atoms with Crippen molar-refractivity contribution in [3.63, 3.8) is 0 Å². The van der Waals surface area contributed by atoms with Gasteiger partial charge in [0.05, 0.1) is 0 Å². The van der Waals surface area contributed by atoms with Crippen LogP contribution in [0.25, 0.3) is 109 Å². The van der Waals surface area contributed by atoms with Crippen molar-refractivity contribution in [1.82, 2.24) is 4.98 Å². The molecule has 0 bridgehead atoms. The number of aromatic nitrogens is 1. The molecule has 0 spiro atoms. The van der Waals surface area contributed by atoms with E-state index in [1.165, 1.54) is 146 Å². The van der Waals surface area contributed by atoms with Crippen molar-refractivity contribution < 1.29 is 0 Å². The van der Waals surface area contributed by atoms with E-state index in [4.69, 9.17) is 4.98 Å². The maximum atomic E-state index is 5.06. The van der Waals surface area contributed by atoms with Crippen molar-refractivity contribution in [2.24, 2.45) is 0 Å². The number of hydrogen-bond donors (Lipinski definition) is 0. The molecular formula is C62H48N2. The van der Waals surface area contributed by atoms with E-state index in [-0.39, 0.29) is 5.41 Å². The maximum absolute atomic E-state index is 5.06. The first-order chi connectivity index (χ1) is 31.6. The molecule has 11 aromatic carbocycles. The smallest absolute Gasteiger partial charge is 0.140 e. The number of rotatable bonds is 9. The zero-order valence-electron chi connectivity index (χ0n) is 36.5. The second-order valence-electron chi connectivity index (χ2n) is 18.6. The molecule has 1 aromatic heterocycles. The van der Waals surface area contributed by atoms with Gasteiger partial charge in [-0.2, -0.15) is 0 Å². The molecule has 0 fully saturated rings. The first-order valence-corrected chi connectivity index (χ1v) is 23.3. The summed E-state index contributed by atoms with van der Waals surface area (Å²) in [5.41, 5.74) is 10.4. The maximum Gasteiger partial charge on any atom is 0.140 e. The molecule has 0 amide bonds. The predicted octanol–water partition coefficient (Wildman–Crippen LogP) is 17.4. The normalized spacial score (nSPS) is 15.3. The molecule has 2 heteroatoms. The third kappa shape index (κ3) is 5.35. The molecule has 12 aromatic rings. The molecule has 0 saturated carbocycles. The third-order valence-electron chi connectivity index (χ3n) is 14.9. The minimum Gasteiger partial charge on any atom is -0.325 e. The summed E-state index contributed by atoms with van der Waals surface area (Å²) in [7, 11) is 0. The lowest BCUT2D eigenvalue weighted by molar-refractivity contribution is 0.436. The van der Waals surface area contributed by atoms with E-state index in [9.17, 15) is 0 Å². The molecule has 0 radical (unpaired) electrons. The lowest BCUT2D eigenvalue weighted by Crippen LogP contribution is -2.29. The van der Waals surface area contributed by atoms with E-state index in [0.717, 1.165) is 18.8 Å². The van der Waals surface area contributed by atoms with Gasteiger partial charge >= 0.3 is 0 Å². The van der Waals surface area contributed by atoms with Gasteiger partial charge in [0.2, 0.25) is 0 Å². The quantitative estimate of drug-likeness (QED) is 0.135. The molecule has 306 valence electrons. The highest BCUT2D eigenvalue weighted by Crippen LogP contribution is 2.57. The van der Waals surface area contributed by atoms with E-state index in [1.807, 2.05) is 6.20 Å². The summed E-state index contributed by atoms with van der Waals surface area (Å²) < 4.78 is 0. The zero-order chi connectivity index (χ0) is 42.5. The van der Waals surface area contributed by atoms with Crippen molar-refractivity contribution >= 4 is 86.9 Å². The van der Waals surface area contributed by atoms with Crippen LogP contribution in [0.5, 0.6) is 0 Å². The van der Waals surface area contributed by atoms with Gasteiger partial charge in [0.25, 0.3) is 0 Å². The minimum absolute atomic E-state index is 0.0162. The van der Waals surface area contributed by atoms with Crippen LogP contribution in [0.15, 0.2) is 182 Å². The van der Waals surface area contributed by atoms with Gasteiger partial charge in [-0.15, -0.1) is 0 Å². The minimum atomic E-state index is -0.0162. The standard InChI is InChI=1S/C62H48N2/c1-3-4-5-14-35-62(2)38-64(61-45-25-13-12-18-39(45)34-36-63-61)52-33-30-43(37-51(52)62)44-31-32-50-56-46(44)26-17-29-49(56)59-54(41-19-8-6-9-20-41)57-47-27-15-23-40-24-16-28-48(53(40)47)58(57)55(60(50)59)42-21-10-7-11-22-42/h6-13,15-34,36-37H,3-5,14,35,38H2,1-2H3. The van der Waals surface area contributed by atoms with E-state index in [2.05, 4.69) is 195 Å². The number of unbranched alkanes of at least 4 members (excludes halogenated alkanes) is 3. The number of fused-ring (bicyclic) bond motifs is 8. The monoisotopic (exact) mass is 820 g/mol. The van der Waals surface area contributed by atoms with Gasteiger partial charge in [-0.25, -0.2) is 4.98 Å². The molecular weight excluding hydrogens is 773 g/mol. The number of hydrogen-bond acceptors (Lipinski definition) is 2. The Bertz CT molecular complexity index is 3620. The first-order valence-electron chi connectivity index (χ1n) is 23.3. The highest BCUT2D eigenvalue weighted by molar-refractivity contribution is 6.46. The van der Waals surface area contributed by atoms with Gasteiger partial charge in [0.1, 0.15) is 5.82 Å². The fourth-order valence-corrected chi connectivity index (χ4v) is 12.1. The van der Waals surface area contributed by atoms with Gasteiger partial charge in [0, 0.05) is 29.2 Å². The molecule has 1 atom stereocenters. The van der Waals surface area contributed by atoms with E-state index >= 15 is 0 Å².